The average molecular weight is 274 g/mol. The molecule has 2 amide bonds. The van der Waals surface area contributed by atoms with Crippen molar-refractivity contribution in [3.05, 3.63) is 29.6 Å². The maximum atomic E-state index is 11.9. The van der Waals surface area contributed by atoms with E-state index in [2.05, 4.69) is 10.3 Å². The molecular formula is C13H14N4O3. The average Bonchev–Trinajstić information content (AvgIpc) is 2.48. The largest absolute Gasteiger partial charge is 0.365 e. The van der Waals surface area contributed by atoms with E-state index in [9.17, 15) is 9.59 Å². The lowest BCUT2D eigenvalue weighted by Gasteiger charge is -2.29. The number of nitrogens with one attached hydrogen (secondary N) is 1. The SMILES string of the molecule is CN1C[C@H](CNC(=O)c2ccc(C#N)nc2)OCC1=O. The van der Waals surface area contributed by atoms with Gasteiger partial charge in [-0.3, -0.25) is 9.59 Å². The van der Waals surface area contributed by atoms with Crippen molar-refractivity contribution in [2.75, 3.05) is 26.7 Å². The lowest BCUT2D eigenvalue weighted by atomic mass is 10.2. The van der Waals surface area contributed by atoms with Crippen LogP contribution in [-0.2, 0) is 9.53 Å². The molecule has 0 saturated carbocycles. The van der Waals surface area contributed by atoms with Crippen molar-refractivity contribution in [1.82, 2.24) is 15.2 Å². The van der Waals surface area contributed by atoms with Crippen LogP contribution in [0.4, 0.5) is 0 Å². The Morgan fingerprint density at radius 3 is 3.05 bits per heavy atom. The van der Waals surface area contributed by atoms with Crippen LogP contribution >= 0.6 is 0 Å². The molecule has 1 aromatic rings. The third-order valence-corrected chi connectivity index (χ3v) is 2.98. The van der Waals surface area contributed by atoms with Crippen LogP contribution in [0.15, 0.2) is 18.3 Å². The van der Waals surface area contributed by atoms with Gasteiger partial charge in [-0.15, -0.1) is 0 Å². The molecule has 20 heavy (non-hydrogen) atoms. The molecule has 0 aliphatic carbocycles. The molecule has 1 aromatic heterocycles. The molecule has 1 saturated heterocycles. The first-order chi connectivity index (χ1) is 9.60. The van der Waals surface area contributed by atoms with Crippen LogP contribution in [-0.4, -0.2) is 54.5 Å². The minimum absolute atomic E-state index is 0.0372. The van der Waals surface area contributed by atoms with Gasteiger partial charge >= 0.3 is 0 Å². The summed E-state index contributed by atoms with van der Waals surface area (Å²) in [5.41, 5.74) is 0.640. The highest BCUT2D eigenvalue weighted by Crippen LogP contribution is 2.04. The number of morpholine rings is 1. The number of pyridine rings is 1. The van der Waals surface area contributed by atoms with Gasteiger partial charge in [0.1, 0.15) is 18.4 Å². The van der Waals surface area contributed by atoms with Gasteiger partial charge < -0.3 is 15.0 Å². The Kier molecular flexibility index (Phi) is 4.27. The number of amides is 2. The summed E-state index contributed by atoms with van der Waals surface area (Å²) in [5.74, 6) is -0.353. The molecule has 2 rings (SSSR count). The number of carbonyl (C=O) groups excluding carboxylic acids is 2. The summed E-state index contributed by atoms with van der Waals surface area (Å²) in [6.45, 7) is 0.802. The third kappa shape index (κ3) is 3.30. The number of likely N-dealkylation sites (N-methyl/N-ethyl adjacent to an activating group) is 1. The van der Waals surface area contributed by atoms with Gasteiger partial charge in [-0.05, 0) is 12.1 Å². The van der Waals surface area contributed by atoms with Gasteiger partial charge in [-0.1, -0.05) is 0 Å². The van der Waals surface area contributed by atoms with E-state index in [-0.39, 0.29) is 30.2 Å². The maximum absolute atomic E-state index is 11.9. The van der Waals surface area contributed by atoms with Crippen LogP contribution in [0.5, 0.6) is 0 Å². The highest BCUT2D eigenvalue weighted by Gasteiger charge is 2.23. The molecule has 1 fully saturated rings. The molecule has 1 atom stereocenters. The third-order valence-electron chi connectivity index (χ3n) is 2.98. The van der Waals surface area contributed by atoms with Crippen molar-refractivity contribution in [3.8, 4) is 6.07 Å². The van der Waals surface area contributed by atoms with Crippen LogP contribution in [0.1, 0.15) is 16.1 Å². The fourth-order valence-electron chi connectivity index (χ4n) is 1.79. The van der Waals surface area contributed by atoms with E-state index in [1.807, 2.05) is 6.07 Å². The van der Waals surface area contributed by atoms with Crippen LogP contribution in [0.3, 0.4) is 0 Å². The Morgan fingerprint density at radius 2 is 2.45 bits per heavy atom. The van der Waals surface area contributed by atoms with Gasteiger partial charge in [-0.25, -0.2) is 4.98 Å². The zero-order valence-corrected chi connectivity index (χ0v) is 11.0. The number of hydrogen-bond donors (Lipinski definition) is 1. The number of nitriles is 1. The molecule has 1 aliphatic rings. The molecule has 7 heteroatoms. The van der Waals surface area contributed by atoms with Crippen molar-refractivity contribution in [1.29, 1.82) is 5.26 Å². The summed E-state index contributed by atoms with van der Waals surface area (Å²) in [6, 6.07) is 4.91. The quantitative estimate of drug-likeness (QED) is 0.804. The number of hydrogen-bond acceptors (Lipinski definition) is 5. The summed E-state index contributed by atoms with van der Waals surface area (Å²) < 4.78 is 5.32. The molecule has 1 N–H and O–H groups in total. The van der Waals surface area contributed by atoms with E-state index in [0.29, 0.717) is 18.7 Å². The lowest BCUT2D eigenvalue weighted by molar-refractivity contribution is -0.146. The molecule has 0 aromatic carbocycles. The fraction of sp³-hybridized carbons (Fsp3) is 0.385. The second kappa shape index (κ2) is 6.12. The van der Waals surface area contributed by atoms with E-state index in [4.69, 9.17) is 10.00 Å². The summed E-state index contributed by atoms with van der Waals surface area (Å²) in [6.07, 6.45) is 1.14. The van der Waals surface area contributed by atoms with Crippen LogP contribution < -0.4 is 5.32 Å². The van der Waals surface area contributed by atoms with Gasteiger partial charge in [0.25, 0.3) is 5.91 Å². The highest BCUT2D eigenvalue weighted by molar-refractivity contribution is 5.93. The van der Waals surface area contributed by atoms with E-state index in [1.54, 1.807) is 11.9 Å². The zero-order valence-electron chi connectivity index (χ0n) is 11.0. The van der Waals surface area contributed by atoms with Gasteiger partial charge in [0.2, 0.25) is 5.91 Å². The first kappa shape index (κ1) is 14.0. The first-order valence-electron chi connectivity index (χ1n) is 6.10. The number of nitrogens with zero attached hydrogens (tertiary/aromatic N) is 3. The second-order valence-corrected chi connectivity index (χ2v) is 4.46. The predicted octanol–water partition coefficient (Wildman–Crippen LogP) is -0.460. The Balaban J connectivity index is 1.86. The Labute approximate surface area is 116 Å². The van der Waals surface area contributed by atoms with Gasteiger partial charge in [0.15, 0.2) is 0 Å². The zero-order chi connectivity index (χ0) is 14.5. The molecule has 0 radical (unpaired) electrons. The number of rotatable bonds is 3. The number of ether oxygens (including phenoxy) is 1. The monoisotopic (exact) mass is 274 g/mol. The molecular weight excluding hydrogens is 260 g/mol. The van der Waals surface area contributed by atoms with Crippen LogP contribution in [0.25, 0.3) is 0 Å². The van der Waals surface area contributed by atoms with Crippen LogP contribution in [0, 0.1) is 11.3 Å². The van der Waals surface area contributed by atoms with Crippen LogP contribution in [0.2, 0.25) is 0 Å². The molecule has 1 aliphatic heterocycles. The number of carbonyl (C=O) groups is 2. The molecule has 2 heterocycles. The van der Waals surface area contributed by atoms with E-state index in [1.165, 1.54) is 18.3 Å². The van der Waals surface area contributed by atoms with Gasteiger partial charge in [0.05, 0.1) is 11.7 Å². The van der Waals surface area contributed by atoms with Crippen molar-refractivity contribution in [2.24, 2.45) is 0 Å². The first-order valence-corrected chi connectivity index (χ1v) is 6.10. The fourth-order valence-corrected chi connectivity index (χ4v) is 1.79. The van der Waals surface area contributed by atoms with E-state index in [0.717, 1.165) is 0 Å². The molecule has 7 nitrogen and oxygen atoms in total. The van der Waals surface area contributed by atoms with E-state index < -0.39 is 0 Å². The molecule has 0 unspecified atom stereocenters. The topological polar surface area (TPSA) is 95.3 Å². The molecule has 0 bridgehead atoms. The summed E-state index contributed by atoms with van der Waals surface area (Å²) in [7, 11) is 1.70. The Bertz CT molecular complexity index is 550. The van der Waals surface area contributed by atoms with Crippen molar-refractivity contribution >= 4 is 11.8 Å². The smallest absolute Gasteiger partial charge is 0.252 e. The van der Waals surface area contributed by atoms with Crippen molar-refractivity contribution in [3.63, 3.8) is 0 Å². The minimum atomic E-state index is -0.287. The Hall–Kier alpha value is -2.46. The van der Waals surface area contributed by atoms with Gasteiger partial charge in [-0.2, -0.15) is 5.26 Å². The van der Waals surface area contributed by atoms with Crippen molar-refractivity contribution < 1.29 is 14.3 Å². The normalized spacial score (nSPS) is 18.5. The summed E-state index contributed by atoms with van der Waals surface area (Å²) >= 11 is 0. The molecule has 104 valence electrons. The van der Waals surface area contributed by atoms with Crippen molar-refractivity contribution in [2.45, 2.75) is 6.10 Å². The lowest BCUT2D eigenvalue weighted by Crippen LogP contribution is -2.48. The summed E-state index contributed by atoms with van der Waals surface area (Å²) in [5, 5.41) is 11.3. The Morgan fingerprint density at radius 1 is 1.65 bits per heavy atom. The second-order valence-electron chi connectivity index (χ2n) is 4.46. The number of aromatic nitrogens is 1. The summed E-state index contributed by atoms with van der Waals surface area (Å²) in [4.78, 5) is 28.5. The molecule has 0 spiro atoms. The standard InChI is InChI=1S/C13H14N4O3/c1-17-7-11(20-8-12(17)18)6-16-13(19)9-2-3-10(4-14)15-5-9/h2-3,5,11H,6-8H2,1H3,(H,16,19)/t11-/m0/s1. The maximum Gasteiger partial charge on any atom is 0.252 e. The highest BCUT2D eigenvalue weighted by atomic mass is 16.5. The predicted molar refractivity (Wildman–Crippen MR) is 68.7 cm³/mol. The minimum Gasteiger partial charge on any atom is -0.365 e. The van der Waals surface area contributed by atoms with Gasteiger partial charge in [0, 0.05) is 26.3 Å². The van der Waals surface area contributed by atoms with E-state index >= 15 is 0 Å².